The van der Waals surface area contributed by atoms with Gasteiger partial charge in [0.2, 0.25) is 5.91 Å². The molecule has 170 valence electrons. The normalized spacial score (nSPS) is 17.8. The highest BCUT2D eigenvalue weighted by Gasteiger charge is 2.42. The van der Waals surface area contributed by atoms with E-state index in [0.717, 1.165) is 62.3 Å². The van der Waals surface area contributed by atoms with Crippen LogP contribution in [0, 0.1) is 12.3 Å². The summed E-state index contributed by atoms with van der Waals surface area (Å²) in [6.07, 6.45) is 6.60. The number of nitrogens with zero attached hydrogens (tertiary/aromatic N) is 2. The van der Waals surface area contributed by atoms with Gasteiger partial charge in [0.25, 0.3) is 0 Å². The van der Waals surface area contributed by atoms with Gasteiger partial charge >= 0.3 is 5.97 Å². The molecule has 4 rings (SSSR count). The van der Waals surface area contributed by atoms with E-state index in [1.807, 2.05) is 40.1 Å². The number of thiocarbonyl (C=S) groups is 1. The van der Waals surface area contributed by atoms with E-state index < -0.39 is 0 Å². The number of amides is 1. The van der Waals surface area contributed by atoms with Crippen molar-refractivity contribution in [2.24, 2.45) is 5.41 Å². The van der Waals surface area contributed by atoms with Crippen LogP contribution >= 0.6 is 34.9 Å². The summed E-state index contributed by atoms with van der Waals surface area (Å²) < 4.78 is 4.89. The third-order valence-corrected chi connectivity index (χ3v) is 8.54. The van der Waals surface area contributed by atoms with E-state index in [2.05, 4.69) is 10.2 Å². The predicted octanol–water partition coefficient (Wildman–Crippen LogP) is 4.63. The summed E-state index contributed by atoms with van der Waals surface area (Å²) in [5.41, 5.74) is 2.98. The van der Waals surface area contributed by atoms with Gasteiger partial charge in [0.05, 0.1) is 12.8 Å². The average molecular weight is 490 g/mol. The van der Waals surface area contributed by atoms with Gasteiger partial charge in [0.1, 0.15) is 4.88 Å². The van der Waals surface area contributed by atoms with Crippen molar-refractivity contribution in [3.8, 4) is 0 Å². The fourth-order valence-electron chi connectivity index (χ4n) is 4.39. The van der Waals surface area contributed by atoms with E-state index in [1.54, 1.807) is 17.4 Å². The fraction of sp³-hybridized carbons (Fsp3) is 0.435. The molecule has 0 saturated carbocycles. The van der Waals surface area contributed by atoms with Crippen LogP contribution in [-0.2, 0) is 9.53 Å². The van der Waals surface area contributed by atoms with Gasteiger partial charge in [-0.25, -0.2) is 4.79 Å². The minimum atomic E-state index is -0.351. The highest BCUT2D eigenvalue weighted by atomic mass is 32.1. The molecule has 1 amide bonds. The molecule has 2 aromatic heterocycles. The first-order chi connectivity index (χ1) is 15.4. The lowest BCUT2D eigenvalue weighted by Gasteiger charge is -2.39. The molecule has 0 aromatic carbocycles. The molecule has 1 N–H and O–H groups in total. The van der Waals surface area contributed by atoms with Gasteiger partial charge in [0, 0.05) is 32.3 Å². The van der Waals surface area contributed by atoms with E-state index in [9.17, 15) is 9.59 Å². The Morgan fingerprint density at radius 2 is 1.91 bits per heavy atom. The molecule has 9 heteroatoms. The largest absolute Gasteiger partial charge is 0.465 e. The molecule has 2 saturated heterocycles. The molecule has 2 aliphatic heterocycles. The van der Waals surface area contributed by atoms with Crippen LogP contribution in [0.2, 0.25) is 0 Å². The van der Waals surface area contributed by atoms with Gasteiger partial charge in [-0.05, 0) is 83.2 Å². The molecule has 0 aliphatic carbocycles. The van der Waals surface area contributed by atoms with Crippen molar-refractivity contribution in [3.63, 3.8) is 0 Å². The Morgan fingerprint density at radius 3 is 2.56 bits per heavy atom. The molecule has 32 heavy (non-hydrogen) atoms. The minimum Gasteiger partial charge on any atom is -0.465 e. The number of piperidine rings is 1. The van der Waals surface area contributed by atoms with Crippen LogP contribution < -0.4 is 5.32 Å². The minimum absolute atomic E-state index is 0.0846. The number of rotatable bonds is 4. The van der Waals surface area contributed by atoms with E-state index in [-0.39, 0.29) is 17.3 Å². The molecule has 2 fully saturated rings. The van der Waals surface area contributed by atoms with Crippen molar-refractivity contribution in [1.29, 1.82) is 0 Å². The number of anilines is 1. The summed E-state index contributed by atoms with van der Waals surface area (Å²) >= 11 is 8.68. The lowest BCUT2D eigenvalue weighted by atomic mass is 9.78. The highest BCUT2D eigenvalue weighted by molar-refractivity contribution is 7.80. The first kappa shape index (κ1) is 22.9. The van der Waals surface area contributed by atoms with E-state index in [4.69, 9.17) is 17.0 Å². The number of aryl methyl sites for hydroxylation is 1. The zero-order valence-electron chi connectivity index (χ0n) is 18.3. The van der Waals surface area contributed by atoms with Crippen LogP contribution in [0.3, 0.4) is 0 Å². The zero-order valence-corrected chi connectivity index (χ0v) is 20.7. The molecule has 2 aliphatic rings. The molecule has 0 unspecified atom stereocenters. The summed E-state index contributed by atoms with van der Waals surface area (Å²) in [6.45, 7) is 5.27. The number of ether oxygens (including phenoxy) is 1. The molecular formula is C23H27N3O3S3. The first-order valence-corrected chi connectivity index (χ1v) is 12.9. The highest BCUT2D eigenvalue weighted by Crippen LogP contribution is 2.41. The summed E-state index contributed by atoms with van der Waals surface area (Å²) in [4.78, 5) is 29.3. The fourth-order valence-corrected chi connectivity index (χ4v) is 6.20. The first-order valence-electron chi connectivity index (χ1n) is 10.6. The van der Waals surface area contributed by atoms with Crippen LogP contribution in [0.1, 0.15) is 40.1 Å². The molecular weight excluding hydrogens is 462 g/mol. The summed E-state index contributed by atoms with van der Waals surface area (Å²) in [5, 5.41) is 9.91. The molecule has 0 bridgehead atoms. The smallest absolute Gasteiger partial charge is 0.350 e. The Hall–Kier alpha value is -2.23. The maximum atomic E-state index is 12.6. The maximum Gasteiger partial charge on any atom is 0.350 e. The second kappa shape index (κ2) is 9.72. The Kier molecular flexibility index (Phi) is 6.97. The molecule has 6 nitrogen and oxygen atoms in total. The quantitative estimate of drug-likeness (QED) is 0.384. The van der Waals surface area contributed by atoms with Crippen LogP contribution in [0.5, 0.6) is 0 Å². The van der Waals surface area contributed by atoms with Crippen molar-refractivity contribution in [2.45, 2.75) is 26.2 Å². The predicted molar refractivity (Wildman–Crippen MR) is 134 cm³/mol. The Balaban J connectivity index is 1.32. The van der Waals surface area contributed by atoms with E-state index in [1.165, 1.54) is 18.4 Å². The number of esters is 1. The average Bonchev–Trinajstić information content (AvgIpc) is 3.54. The Labute approximate surface area is 201 Å². The van der Waals surface area contributed by atoms with E-state index >= 15 is 0 Å². The standard InChI is InChI=1S/C23H27N3O3S3/c1-16-13-32-20(21(28)29-2)19(16)24-22(30)26-11-8-23(15-26)6-9-25(10-7-23)18(27)4-3-17-5-12-31-14-17/h3-5,12-14H,6-11,15H2,1-2H3,(H,24,30)/b4-3+. The molecule has 4 heterocycles. The van der Waals surface area contributed by atoms with Gasteiger partial charge in [-0.2, -0.15) is 11.3 Å². The van der Waals surface area contributed by atoms with Crippen LogP contribution in [0.25, 0.3) is 6.08 Å². The van der Waals surface area contributed by atoms with Crippen molar-refractivity contribution < 1.29 is 14.3 Å². The number of carbonyl (C=O) groups excluding carboxylic acids is 2. The summed E-state index contributed by atoms with van der Waals surface area (Å²) in [7, 11) is 1.39. The lowest BCUT2D eigenvalue weighted by molar-refractivity contribution is -0.128. The SMILES string of the molecule is COC(=O)c1scc(C)c1NC(=S)N1CCC2(CCN(C(=O)/C=C/c3ccsc3)CC2)C1. The van der Waals surface area contributed by atoms with Crippen molar-refractivity contribution in [3.05, 3.63) is 44.3 Å². The molecule has 0 radical (unpaired) electrons. The van der Waals surface area contributed by atoms with Crippen LogP contribution in [0.15, 0.2) is 28.3 Å². The number of carbonyl (C=O) groups is 2. The third-order valence-electron chi connectivity index (χ3n) is 6.40. The number of methoxy groups -OCH3 is 1. The van der Waals surface area contributed by atoms with E-state index in [0.29, 0.717) is 9.99 Å². The Morgan fingerprint density at radius 1 is 1.19 bits per heavy atom. The van der Waals surface area contributed by atoms with Crippen molar-refractivity contribution in [2.75, 3.05) is 38.6 Å². The second-order valence-electron chi connectivity index (χ2n) is 8.43. The lowest BCUT2D eigenvalue weighted by Crippen LogP contribution is -2.44. The van der Waals surface area contributed by atoms with Crippen molar-refractivity contribution >= 4 is 63.6 Å². The molecule has 1 spiro atoms. The molecule has 0 atom stereocenters. The maximum absolute atomic E-state index is 12.6. The van der Waals surface area contributed by atoms with Gasteiger partial charge in [-0.3, -0.25) is 4.79 Å². The third kappa shape index (κ3) is 4.89. The van der Waals surface area contributed by atoms with Gasteiger partial charge in [0.15, 0.2) is 5.11 Å². The van der Waals surface area contributed by atoms with Gasteiger partial charge in [-0.15, -0.1) is 11.3 Å². The number of thiophene rings is 2. The number of hydrogen-bond donors (Lipinski definition) is 1. The van der Waals surface area contributed by atoms with Crippen LogP contribution in [0.4, 0.5) is 5.69 Å². The topological polar surface area (TPSA) is 61.9 Å². The number of nitrogens with one attached hydrogen (secondary N) is 1. The van der Waals surface area contributed by atoms with Gasteiger partial charge < -0.3 is 19.9 Å². The number of hydrogen-bond acceptors (Lipinski definition) is 6. The second-order valence-corrected chi connectivity index (χ2v) is 10.5. The van der Waals surface area contributed by atoms with Crippen molar-refractivity contribution in [1.82, 2.24) is 9.80 Å². The number of likely N-dealkylation sites (tertiary alicyclic amines) is 2. The summed E-state index contributed by atoms with van der Waals surface area (Å²) in [6, 6.07) is 2.01. The Bertz CT molecular complexity index is 1020. The zero-order chi connectivity index (χ0) is 22.7. The monoisotopic (exact) mass is 489 g/mol. The molecule has 2 aromatic rings. The summed E-state index contributed by atoms with van der Waals surface area (Å²) in [5.74, 6) is -0.266. The van der Waals surface area contributed by atoms with Gasteiger partial charge in [-0.1, -0.05) is 0 Å². The van der Waals surface area contributed by atoms with Crippen LogP contribution in [-0.4, -0.2) is 60.1 Å².